The zero-order chi connectivity index (χ0) is 14.4. The molecule has 0 spiro atoms. The summed E-state index contributed by atoms with van der Waals surface area (Å²) in [4.78, 5) is 11.8. The molecule has 1 aromatic rings. The minimum atomic E-state index is -0.361. The molecule has 108 valence electrons. The maximum absolute atomic E-state index is 11.8. The minimum absolute atomic E-state index is 0.218. The quantitative estimate of drug-likeness (QED) is 0.762. The largest absolute Gasteiger partial charge is 0.468 e. The van der Waals surface area contributed by atoms with E-state index in [1.807, 2.05) is 18.5 Å². The fourth-order valence-electron chi connectivity index (χ4n) is 2.04. The molecule has 0 amide bonds. The normalized spacial score (nSPS) is 12.7. The lowest BCUT2D eigenvalue weighted by atomic mass is 10.2. The van der Waals surface area contributed by atoms with Crippen LogP contribution >= 0.6 is 0 Å². The van der Waals surface area contributed by atoms with Gasteiger partial charge in [-0.2, -0.15) is 5.10 Å². The summed E-state index contributed by atoms with van der Waals surface area (Å²) in [5, 5.41) is 7.75. The van der Waals surface area contributed by atoms with E-state index in [2.05, 4.69) is 30.3 Å². The van der Waals surface area contributed by atoms with Crippen molar-refractivity contribution in [2.45, 2.75) is 59.2 Å². The summed E-state index contributed by atoms with van der Waals surface area (Å²) in [7, 11) is 1.42. The Morgan fingerprint density at radius 3 is 2.58 bits per heavy atom. The van der Waals surface area contributed by atoms with E-state index in [0.29, 0.717) is 6.54 Å². The Hall–Kier alpha value is -1.36. The molecule has 5 heteroatoms. The number of nitrogens with zero attached hydrogens (tertiary/aromatic N) is 2. The third-order valence-corrected chi connectivity index (χ3v) is 3.01. The van der Waals surface area contributed by atoms with Crippen LogP contribution in [0.5, 0.6) is 0 Å². The van der Waals surface area contributed by atoms with Crippen molar-refractivity contribution in [3.8, 4) is 0 Å². The van der Waals surface area contributed by atoms with Gasteiger partial charge in [-0.05, 0) is 18.9 Å². The highest BCUT2D eigenvalue weighted by atomic mass is 16.5. The number of rotatable bonds is 7. The number of methoxy groups -OCH3 is 1. The predicted octanol–water partition coefficient (Wildman–Crippen LogP) is 1.55. The van der Waals surface area contributed by atoms with E-state index in [4.69, 9.17) is 4.74 Å². The van der Waals surface area contributed by atoms with Crippen molar-refractivity contribution >= 4 is 5.97 Å². The fraction of sp³-hybridized carbons (Fsp3) is 0.714. The van der Waals surface area contributed by atoms with E-state index in [9.17, 15) is 4.79 Å². The first-order valence-corrected chi connectivity index (χ1v) is 6.91. The molecule has 5 nitrogen and oxygen atoms in total. The van der Waals surface area contributed by atoms with E-state index in [1.165, 1.54) is 7.11 Å². The molecule has 0 radical (unpaired) electrons. The van der Waals surface area contributed by atoms with Crippen LogP contribution < -0.4 is 5.32 Å². The number of esters is 1. The van der Waals surface area contributed by atoms with Gasteiger partial charge < -0.3 is 10.1 Å². The van der Waals surface area contributed by atoms with Gasteiger partial charge in [-0.25, -0.2) is 0 Å². The van der Waals surface area contributed by atoms with Gasteiger partial charge in [0.15, 0.2) is 0 Å². The fourth-order valence-corrected chi connectivity index (χ4v) is 2.04. The maximum Gasteiger partial charge on any atom is 0.324 e. The second-order valence-corrected chi connectivity index (χ2v) is 4.91. The molecule has 1 atom stereocenters. The van der Waals surface area contributed by atoms with Gasteiger partial charge in [-0.3, -0.25) is 9.48 Å². The smallest absolute Gasteiger partial charge is 0.324 e. The van der Waals surface area contributed by atoms with E-state index >= 15 is 0 Å². The van der Waals surface area contributed by atoms with Gasteiger partial charge >= 0.3 is 5.97 Å². The van der Waals surface area contributed by atoms with Crippen LogP contribution in [0.15, 0.2) is 6.07 Å². The van der Waals surface area contributed by atoms with E-state index < -0.39 is 0 Å². The average molecular weight is 267 g/mol. The van der Waals surface area contributed by atoms with Crippen LogP contribution in [0.3, 0.4) is 0 Å². The Kier molecular flexibility index (Phi) is 6.02. The third kappa shape index (κ3) is 4.35. The lowest BCUT2D eigenvalue weighted by molar-refractivity contribution is -0.143. The second-order valence-electron chi connectivity index (χ2n) is 4.91. The van der Waals surface area contributed by atoms with Gasteiger partial charge in [0.2, 0.25) is 0 Å². The van der Waals surface area contributed by atoms with Crippen molar-refractivity contribution in [1.82, 2.24) is 15.1 Å². The molecule has 1 heterocycles. The molecule has 0 saturated carbocycles. The predicted molar refractivity (Wildman–Crippen MR) is 75.1 cm³/mol. The number of hydrogen-bond acceptors (Lipinski definition) is 4. The lowest BCUT2D eigenvalue weighted by Crippen LogP contribution is -2.44. The molecule has 19 heavy (non-hydrogen) atoms. The number of hydrogen-bond donors (Lipinski definition) is 1. The number of carbonyl (C=O) groups is 1. The van der Waals surface area contributed by atoms with Gasteiger partial charge in [0.25, 0.3) is 0 Å². The minimum Gasteiger partial charge on any atom is -0.468 e. The SMILES string of the molecule is CCc1cc(CC)n(CC(NC(C)C)C(=O)OC)n1. The topological polar surface area (TPSA) is 56.2 Å². The van der Waals surface area contributed by atoms with Crippen molar-refractivity contribution in [3.05, 3.63) is 17.5 Å². The van der Waals surface area contributed by atoms with Gasteiger partial charge in [0, 0.05) is 11.7 Å². The zero-order valence-corrected chi connectivity index (χ0v) is 12.6. The van der Waals surface area contributed by atoms with Gasteiger partial charge in [-0.1, -0.05) is 27.7 Å². The molecule has 0 aliphatic heterocycles. The van der Waals surface area contributed by atoms with Crippen molar-refractivity contribution in [1.29, 1.82) is 0 Å². The molecule has 0 fully saturated rings. The van der Waals surface area contributed by atoms with Crippen LogP contribution in [-0.2, 0) is 28.9 Å². The second kappa shape index (κ2) is 7.28. The molecular weight excluding hydrogens is 242 g/mol. The summed E-state index contributed by atoms with van der Waals surface area (Å²) in [6.07, 6.45) is 1.81. The first-order chi connectivity index (χ1) is 9.01. The molecule has 0 saturated heterocycles. The molecular formula is C14H25N3O2. The van der Waals surface area contributed by atoms with Crippen LogP contribution in [0.1, 0.15) is 39.1 Å². The zero-order valence-electron chi connectivity index (χ0n) is 12.6. The number of nitrogens with one attached hydrogen (secondary N) is 1. The maximum atomic E-state index is 11.8. The number of aromatic nitrogens is 2. The van der Waals surface area contributed by atoms with Gasteiger partial charge in [0.1, 0.15) is 6.04 Å². The summed E-state index contributed by atoms with van der Waals surface area (Å²) in [5.41, 5.74) is 2.21. The van der Waals surface area contributed by atoms with Crippen LogP contribution in [-0.4, -0.2) is 34.9 Å². The Morgan fingerprint density at radius 1 is 1.42 bits per heavy atom. The van der Waals surface area contributed by atoms with Crippen molar-refractivity contribution in [2.75, 3.05) is 7.11 Å². The van der Waals surface area contributed by atoms with E-state index in [0.717, 1.165) is 24.2 Å². The molecule has 1 unspecified atom stereocenters. The molecule has 0 aliphatic carbocycles. The highest BCUT2D eigenvalue weighted by Crippen LogP contribution is 2.08. The molecule has 0 aliphatic rings. The Balaban J connectivity index is 2.88. The molecule has 1 N–H and O–H groups in total. The molecule has 0 aromatic carbocycles. The standard InChI is InChI=1S/C14H25N3O2/c1-6-11-8-12(7-2)17(16-11)9-13(14(18)19-5)15-10(3)4/h8,10,13,15H,6-7,9H2,1-5H3. The van der Waals surface area contributed by atoms with Crippen LogP contribution in [0, 0.1) is 0 Å². The summed E-state index contributed by atoms with van der Waals surface area (Å²) >= 11 is 0. The summed E-state index contributed by atoms with van der Waals surface area (Å²) < 4.78 is 6.76. The first-order valence-electron chi connectivity index (χ1n) is 6.91. The summed E-state index contributed by atoms with van der Waals surface area (Å²) in [6.45, 7) is 8.70. The van der Waals surface area contributed by atoms with Crippen molar-refractivity contribution in [3.63, 3.8) is 0 Å². The Morgan fingerprint density at radius 2 is 2.11 bits per heavy atom. The monoisotopic (exact) mass is 267 g/mol. The van der Waals surface area contributed by atoms with Gasteiger partial charge in [-0.15, -0.1) is 0 Å². The van der Waals surface area contributed by atoms with Gasteiger partial charge in [0.05, 0.1) is 19.3 Å². The molecule has 1 rings (SSSR count). The van der Waals surface area contributed by atoms with Crippen LogP contribution in [0.4, 0.5) is 0 Å². The Labute approximate surface area is 115 Å². The Bertz CT molecular complexity index is 413. The first kappa shape index (κ1) is 15.7. The lowest BCUT2D eigenvalue weighted by Gasteiger charge is -2.20. The summed E-state index contributed by atoms with van der Waals surface area (Å²) in [6, 6.07) is 1.96. The summed E-state index contributed by atoms with van der Waals surface area (Å²) in [5.74, 6) is -0.246. The van der Waals surface area contributed by atoms with E-state index in [-0.39, 0.29) is 18.1 Å². The van der Waals surface area contributed by atoms with Crippen molar-refractivity contribution < 1.29 is 9.53 Å². The molecule has 1 aromatic heterocycles. The molecule has 0 bridgehead atoms. The number of aryl methyl sites for hydroxylation is 2. The number of ether oxygens (including phenoxy) is 1. The highest BCUT2D eigenvalue weighted by molar-refractivity contribution is 5.75. The number of carbonyl (C=O) groups excluding carboxylic acids is 1. The highest BCUT2D eigenvalue weighted by Gasteiger charge is 2.22. The van der Waals surface area contributed by atoms with Crippen molar-refractivity contribution in [2.24, 2.45) is 0 Å². The average Bonchev–Trinajstić information content (AvgIpc) is 2.78. The van der Waals surface area contributed by atoms with Crippen LogP contribution in [0.25, 0.3) is 0 Å². The van der Waals surface area contributed by atoms with Crippen LogP contribution in [0.2, 0.25) is 0 Å². The third-order valence-electron chi connectivity index (χ3n) is 3.01. The van der Waals surface area contributed by atoms with E-state index in [1.54, 1.807) is 0 Å².